The maximum absolute atomic E-state index is 5.81. The summed E-state index contributed by atoms with van der Waals surface area (Å²) < 4.78 is 11.5. The van der Waals surface area contributed by atoms with Crippen LogP contribution in [0.3, 0.4) is 0 Å². The Hall–Kier alpha value is -1.70. The molecule has 0 N–H and O–H groups in total. The minimum atomic E-state index is 0.492. The fourth-order valence-corrected chi connectivity index (χ4v) is 2.51. The first kappa shape index (κ1) is 16.7. The van der Waals surface area contributed by atoms with Crippen molar-refractivity contribution in [3.8, 4) is 11.5 Å². The van der Waals surface area contributed by atoms with Gasteiger partial charge in [-0.3, -0.25) is 0 Å². The number of allylic oxidation sites excluding steroid dienone is 3. The fraction of sp³-hybridized carbons (Fsp3) is 0.500. The lowest BCUT2D eigenvalue weighted by molar-refractivity contribution is 0.331. The third-order valence-corrected chi connectivity index (χ3v) is 4.28. The molecule has 0 saturated heterocycles. The summed E-state index contributed by atoms with van der Waals surface area (Å²) in [5.41, 5.74) is 4.14. The van der Waals surface area contributed by atoms with Crippen molar-refractivity contribution in [3.63, 3.8) is 0 Å². The molecular weight excluding hydrogens is 272 g/mol. The molecule has 1 heterocycles. The first-order valence-electron chi connectivity index (χ1n) is 8.31. The molecule has 0 aromatic heterocycles. The summed E-state index contributed by atoms with van der Waals surface area (Å²) in [4.78, 5) is 0. The van der Waals surface area contributed by atoms with E-state index in [1.54, 1.807) is 0 Å². The summed E-state index contributed by atoms with van der Waals surface area (Å²) in [6.07, 6.45) is 7.87. The van der Waals surface area contributed by atoms with Crippen LogP contribution < -0.4 is 9.47 Å². The highest BCUT2D eigenvalue weighted by atomic mass is 16.5. The average Bonchev–Trinajstić information content (AvgIpc) is 2.88. The monoisotopic (exact) mass is 300 g/mol. The van der Waals surface area contributed by atoms with E-state index in [9.17, 15) is 0 Å². The van der Waals surface area contributed by atoms with Crippen molar-refractivity contribution in [1.29, 1.82) is 0 Å². The summed E-state index contributed by atoms with van der Waals surface area (Å²) in [6, 6.07) is 6.17. The maximum atomic E-state index is 5.81. The third-order valence-electron chi connectivity index (χ3n) is 4.28. The van der Waals surface area contributed by atoms with Crippen molar-refractivity contribution in [2.24, 2.45) is 0 Å². The lowest BCUT2D eigenvalue weighted by atomic mass is 10.0. The van der Waals surface area contributed by atoms with E-state index in [4.69, 9.17) is 9.47 Å². The third kappa shape index (κ3) is 4.66. The Bertz CT molecular complexity index is 555. The van der Waals surface area contributed by atoms with Crippen LogP contribution in [0.4, 0.5) is 0 Å². The van der Waals surface area contributed by atoms with Gasteiger partial charge in [0.15, 0.2) is 0 Å². The zero-order valence-corrected chi connectivity index (χ0v) is 14.3. The molecule has 1 atom stereocenters. The molecule has 0 fully saturated rings. The van der Waals surface area contributed by atoms with Gasteiger partial charge in [0.05, 0.1) is 6.61 Å². The molecule has 0 spiro atoms. The van der Waals surface area contributed by atoms with Crippen molar-refractivity contribution < 1.29 is 9.47 Å². The molecule has 0 saturated carbocycles. The van der Waals surface area contributed by atoms with Crippen LogP contribution in [0.25, 0.3) is 0 Å². The molecule has 2 heteroatoms. The summed E-state index contributed by atoms with van der Waals surface area (Å²) >= 11 is 0. The molecule has 1 aliphatic heterocycles. The molecule has 120 valence electrons. The average molecular weight is 300 g/mol. The molecule has 2 rings (SSSR count). The number of fused-ring (bicyclic) bond motifs is 1. The molecule has 1 aromatic rings. The minimum absolute atomic E-state index is 0.492. The van der Waals surface area contributed by atoms with Crippen LogP contribution in [0, 0.1) is 0 Å². The second-order valence-electron chi connectivity index (χ2n) is 6.22. The Morgan fingerprint density at radius 3 is 2.86 bits per heavy atom. The highest BCUT2D eigenvalue weighted by molar-refractivity contribution is 5.45. The van der Waals surface area contributed by atoms with E-state index in [2.05, 4.69) is 45.9 Å². The van der Waals surface area contributed by atoms with Gasteiger partial charge in [-0.05, 0) is 45.3 Å². The quantitative estimate of drug-likeness (QED) is 0.606. The Labute approximate surface area is 134 Å². The smallest absolute Gasteiger partial charge is 0.126 e. The van der Waals surface area contributed by atoms with Gasteiger partial charge >= 0.3 is 0 Å². The molecule has 22 heavy (non-hydrogen) atoms. The van der Waals surface area contributed by atoms with Gasteiger partial charge in [0, 0.05) is 17.5 Å². The van der Waals surface area contributed by atoms with Gasteiger partial charge in [-0.15, -0.1) is 0 Å². The normalized spacial score (nSPS) is 18.1. The largest absolute Gasteiger partial charge is 0.493 e. The lowest BCUT2D eigenvalue weighted by Gasteiger charge is -2.07. The van der Waals surface area contributed by atoms with E-state index in [1.165, 1.54) is 16.7 Å². The predicted octanol–water partition coefficient (Wildman–Crippen LogP) is 5.64. The van der Waals surface area contributed by atoms with Gasteiger partial charge < -0.3 is 9.47 Å². The topological polar surface area (TPSA) is 18.5 Å². The SMILES string of the molecule is CCC(C)=CCCC(C)=CCOc1ccc2c(c1)OCC2C. The highest BCUT2D eigenvalue weighted by Gasteiger charge is 2.20. The first-order valence-corrected chi connectivity index (χ1v) is 8.31. The van der Waals surface area contributed by atoms with Gasteiger partial charge in [0.25, 0.3) is 0 Å². The maximum Gasteiger partial charge on any atom is 0.126 e. The van der Waals surface area contributed by atoms with E-state index in [0.717, 1.165) is 37.4 Å². The summed E-state index contributed by atoms with van der Waals surface area (Å²) in [5, 5.41) is 0. The number of hydrogen-bond acceptors (Lipinski definition) is 2. The van der Waals surface area contributed by atoms with E-state index >= 15 is 0 Å². The molecule has 0 aliphatic carbocycles. The molecule has 0 radical (unpaired) electrons. The highest BCUT2D eigenvalue weighted by Crippen LogP contribution is 2.36. The van der Waals surface area contributed by atoms with Gasteiger partial charge in [-0.25, -0.2) is 0 Å². The van der Waals surface area contributed by atoms with Crippen molar-refractivity contribution in [3.05, 3.63) is 47.1 Å². The molecule has 1 aliphatic rings. The standard InChI is InChI=1S/C20H28O2/c1-5-15(2)7-6-8-16(3)11-12-21-18-9-10-19-17(4)14-22-20(19)13-18/h7,9-11,13,17H,5-6,8,12,14H2,1-4H3. The number of ether oxygens (including phenoxy) is 2. The molecule has 0 bridgehead atoms. The summed E-state index contributed by atoms with van der Waals surface area (Å²) in [6.45, 7) is 10.2. The number of hydrogen-bond donors (Lipinski definition) is 0. The van der Waals surface area contributed by atoms with Crippen LogP contribution in [0.2, 0.25) is 0 Å². The van der Waals surface area contributed by atoms with E-state index < -0.39 is 0 Å². The summed E-state index contributed by atoms with van der Waals surface area (Å²) in [7, 11) is 0. The molecule has 0 amide bonds. The number of benzene rings is 1. The Morgan fingerprint density at radius 2 is 2.09 bits per heavy atom. The zero-order valence-electron chi connectivity index (χ0n) is 14.3. The van der Waals surface area contributed by atoms with Gasteiger partial charge in [-0.1, -0.05) is 37.1 Å². The van der Waals surface area contributed by atoms with Crippen LogP contribution in [0.5, 0.6) is 11.5 Å². The van der Waals surface area contributed by atoms with Crippen molar-refractivity contribution in [1.82, 2.24) is 0 Å². The lowest BCUT2D eigenvalue weighted by Crippen LogP contribution is -1.95. The second kappa shape index (κ2) is 8.07. The van der Waals surface area contributed by atoms with E-state index in [-0.39, 0.29) is 0 Å². The number of rotatable bonds is 7. The first-order chi connectivity index (χ1) is 10.6. The van der Waals surface area contributed by atoms with Crippen LogP contribution in [-0.4, -0.2) is 13.2 Å². The van der Waals surface area contributed by atoms with Gasteiger partial charge in [0.2, 0.25) is 0 Å². The molecular formula is C20H28O2. The summed E-state index contributed by atoms with van der Waals surface area (Å²) in [5.74, 6) is 2.36. The van der Waals surface area contributed by atoms with E-state index in [1.807, 2.05) is 12.1 Å². The zero-order chi connectivity index (χ0) is 15.9. The van der Waals surface area contributed by atoms with Crippen LogP contribution in [-0.2, 0) is 0 Å². The Balaban J connectivity index is 1.79. The molecule has 1 unspecified atom stereocenters. The van der Waals surface area contributed by atoms with Crippen LogP contribution in [0.1, 0.15) is 58.4 Å². The van der Waals surface area contributed by atoms with Crippen LogP contribution >= 0.6 is 0 Å². The Kier molecular flexibility index (Phi) is 6.11. The van der Waals surface area contributed by atoms with Gasteiger partial charge in [-0.2, -0.15) is 0 Å². The minimum Gasteiger partial charge on any atom is -0.493 e. The Morgan fingerprint density at radius 1 is 1.27 bits per heavy atom. The molecule has 1 aromatic carbocycles. The van der Waals surface area contributed by atoms with E-state index in [0.29, 0.717) is 12.5 Å². The van der Waals surface area contributed by atoms with Crippen molar-refractivity contribution in [2.45, 2.75) is 52.9 Å². The van der Waals surface area contributed by atoms with Crippen LogP contribution in [0.15, 0.2) is 41.5 Å². The fourth-order valence-electron chi connectivity index (χ4n) is 2.51. The van der Waals surface area contributed by atoms with Crippen molar-refractivity contribution in [2.75, 3.05) is 13.2 Å². The predicted molar refractivity (Wildman–Crippen MR) is 92.9 cm³/mol. The van der Waals surface area contributed by atoms with Gasteiger partial charge in [0.1, 0.15) is 18.1 Å². The second-order valence-corrected chi connectivity index (χ2v) is 6.22. The van der Waals surface area contributed by atoms with Crippen molar-refractivity contribution >= 4 is 0 Å². The molecule has 2 nitrogen and oxygen atoms in total.